The van der Waals surface area contributed by atoms with E-state index in [9.17, 15) is 14.7 Å². The summed E-state index contributed by atoms with van der Waals surface area (Å²) in [5.74, 6) is -0.104. The molecule has 1 aliphatic rings. The summed E-state index contributed by atoms with van der Waals surface area (Å²) in [4.78, 5) is 26.7. The molecule has 1 fully saturated rings. The number of aromatic nitrogens is 2. The van der Waals surface area contributed by atoms with Crippen molar-refractivity contribution in [3.8, 4) is 5.75 Å². The molecule has 0 radical (unpaired) electrons. The van der Waals surface area contributed by atoms with Crippen LogP contribution in [0, 0.1) is 0 Å². The van der Waals surface area contributed by atoms with Gasteiger partial charge in [0, 0.05) is 25.9 Å². The number of nitrogens with zero attached hydrogens (tertiary/aromatic N) is 3. The first-order chi connectivity index (χ1) is 12.0. The molecular formula is C18H22N4O3. The van der Waals surface area contributed by atoms with Crippen LogP contribution in [0.1, 0.15) is 35.7 Å². The molecule has 1 saturated heterocycles. The van der Waals surface area contributed by atoms with Crippen molar-refractivity contribution >= 4 is 17.6 Å². The van der Waals surface area contributed by atoms with Gasteiger partial charge in [0.25, 0.3) is 11.8 Å². The van der Waals surface area contributed by atoms with E-state index >= 15 is 0 Å². The van der Waals surface area contributed by atoms with Gasteiger partial charge in [0.05, 0.1) is 5.56 Å². The fraction of sp³-hybridized carbons (Fsp3) is 0.389. The number of nitrogens with one attached hydrogen (secondary N) is 1. The van der Waals surface area contributed by atoms with E-state index in [1.54, 1.807) is 47.1 Å². The van der Waals surface area contributed by atoms with Crippen molar-refractivity contribution in [3.05, 3.63) is 41.6 Å². The van der Waals surface area contributed by atoms with Gasteiger partial charge in [-0.25, -0.2) is 0 Å². The lowest BCUT2D eigenvalue weighted by atomic mass is 10.0. The third kappa shape index (κ3) is 3.50. The number of carbonyl (C=O) groups excluding carboxylic acids is 2. The number of benzene rings is 1. The van der Waals surface area contributed by atoms with E-state index in [0.717, 1.165) is 18.4 Å². The van der Waals surface area contributed by atoms with E-state index in [1.165, 1.54) is 0 Å². The van der Waals surface area contributed by atoms with Crippen LogP contribution in [-0.2, 0) is 18.3 Å². The lowest BCUT2D eigenvalue weighted by Crippen LogP contribution is -2.52. The van der Waals surface area contributed by atoms with Gasteiger partial charge in [-0.05, 0) is 37.0 Å². The normalized spacial score (nSPS) is 17.6. The highest BCUT2D eigenvalue weighted by Crippen LogP contribution is 2.22. The number of hydrogen-bond acceptors (Lipinski definition) is 4. The monoisotopic (exact) mass is 342 g/mol. The largest absolute Gasteiger partial charge is 0.507 e. The number of anilines is 1. The van der Waals surface area contributed by atoms with Gasteiger partial charge < -0.3 is 10.4 Å². The molecule has 2 amide bonds. The number of rotatable bonds is 4. The molecule has 0 aliphatic carbocycles. The Balaban J connectivity index is 1.73. The maximum Gasteiger partial charge on any atom is 0.255 e. The summed E-state index contributed by atoms with van der Waals surface area (Å²) in [7, 11) is 1.79. The predicted octanol–water partition coefficient (Wildman–Crippen LogP) is 1.61. The molecule has 1 aromatic carbocycles. The van der Waals surface area contributed by atoms with Crippen LogP contribution in [0.4, 0.5) is 5.82 Å². The van der Waals surface area contributed by atoms with Gasteiger partial charge in [0.2, 0.25) is 0 Å². The lowest BCUT2D eigenvalue weighted by molar-refractivity contribution is -0.121. The van der Waals surface area contributed by atoms with Crippen LogP contribution in [0.2, 0.25) is 0 Å². The quantitative estimate of drug-likeness (QED) is 0.884. The Kier molecular flexibility index (Phi) is 4.74. The van der Waals surface area contributed by atoms with Gasteiger partial charge in [-0.15, -0.1) is 0 Å². The Morgan fingerprint density at radius 3 is 2.84 bits per heavy atom. The summed E-state index contributed by atoms with van der Waals surface area (Å²) in [5, 5.41) is 17.1. The molecule has 0 saturated carbocycles. The summed E-state index contributed by atoms with van der Waals surface area (Å²) >= 11 is 0. The molecule has 2 heterocycles. The number of phenols is 1. The van der Waals surface area contributed by atoms with Crippen LogP contribution in [0.15, 0.2) is 30.5 Å². The molecule has 1 aliphatic heterocycles. The third-order valence-electron chi connectivity index (χ3n) is 4.44. The van der Waals surface area contributed by atoms with Crippen molar-refractivity contribution in [2.24, 2.45) is 7.05 Å². The highest BCUT2D eigenvalue weighted by molar-refractivity contribution is 6.03. The number of aromatic hydroxyl groups is 1. The molecule has 2 N–H and O–H groups in total. The predicted molar refractivity (Wildman–Crippen MR) is 93.5 cm³/mol. The van der Waals surface area contributed by atoms with Crippen molar-refractivity contribution in [1.29, 1.82) is 0 Å². The van der Waals surface area contributed by atoms with Crippen molar-refractivity contribution in [2.75, 3.05) is 11.4 Å². The molecule has 0 spiro atoms. The summed E-state index contributed by atoms with van der Waals surface area (Å²) in [6.45, 7) is 2.56. The fourth-order valence-corrected chi connectivity index (χ4v) is 3.01. The molecule has 7 heteroatoms. The number of piperidine rings is 1. The van der Waals surface area contributed by atoms with Crippen LogP contribution in [0.5, 0.6) is 5.75 Å². The zero-order valence-electron chi connectivity index (χ0n) is 14.4. The Morgan fingerprint density at radius 1 is 1.40 bits per heavy atom. The fourth-order valence-electron chi connectivity index (χ4n) is 3.01. The summed E-state index contributed by atoms with van der Waals surface area (Å²) in [5.41, 5.74) is 1.13. The Morgan fingerprint density at radius 2 is 2.20 bits per heavy atom. The van der Waals surface area contributed by atoms with Gasteiger partial charge in [0.1, 0.15) is 11.8 Å². The minimum Gasteiger partial charge on any atom is -0.507 e. The maximum absolute atomic E-state index is 12.7. The van der Waals surface area contributed by atoms with Crippen LogP contribution in [-0.4, -0.2) is 39.3 Å². The number of phenolic OH excluding ortho intramolecular Hbond substituents is 1. The highest BCUT2D eigenvalue weighted by Gasteiger charge is 2.32. The number of carbonyl (C=O) groups is 2. The standard InChI is InChI=1S/C18H22N4O3/c1-3-12-6-7-13(15(23)11-12)17(24)19-14-5-4-9-22(18(14)25)16-8-10-21(2)20-16/h6-8,10-11,14,23H,3-5,9H2,1-2H3,(H,19,24). The number of amides is 2. The van der Waals surface area contributed by atoms with E-state index in [0.29, 0.717) is 18.8 Å². The molecule has 2 aromatic rings. The van der Waals surface area contributed by atoms with Crippen molar-refractivity contribution in [3.63, 3.8) is 0 Å². The third-order valence-corrected chi connectivity index (χ3v) is 4.44. The average Bonchev–Trinajstić information content (AvgIpc) is 3.02. The van der Waals surface area contributed by atoms with Gasteiger partial charge >= 0.3 is 0 Å². The summed E-state index contributed by atoms with van der Waals surface area (Å²) in [6.07, 6.45) is 3.89. The molecule has 25 heavy (non-hydrogen) atoms. The summed E-state index contributed by atoms with van der Waals surface area (Å²) in [6, 6.07) is 6.13. The topological polar surface area (TPSA) is 87.5 Å². The first kappa shape index (κ1) is 17.0. The Labute approximate surface area is 146 Å². The minimum absolute atomic E-state index is 0.0679. The number of hydrogen-bond donors (Lipinski definition) is 2. The van der Waals surface area contributed by atoms with Crippen molar-refractivity contribution < 1.29 is 14.7 Å². The minimum atomic E-state index is -0.617. The van der Waals surface area contributed by atoms with E-state index in [-0.39, 0.29) is 17.2 Å². The zero-order chi connectivity index (χ0) is 18.0. The van der Waals surface area contributed by atoms with Gasteiger partial charge in [0.15, 0.2) is 5.82 Å². The van der Waals surface area contributed by atoms with Crippen LogP contribution in [0.25, 0.3) is 0 Å². The van der Waals surface area contributed by atoms with E-state index in [4.69, 9.17) is 0 Å². The van der Waals surface area contributed by atoms with E-state index in [2.05, 4.69) is 10.4 Å². The van der Waals surface area contributed by atoms with Crippen LogP contribution in [0.3, 0.4) is 0 Å². The zero-order valence-corrected chi connectivity index (χ0v) is 14.4. The van der Waals surface area contributed by atoms with E-state index in [1.807, 2.05) is 6.92 Å². The highest BCUT2D eigenvalue weighted by atomic mass is 16.3. The van der Waals surface area contributed by atoms with Crippen molar-refractivity contribution in [1.82, 2.24) is 15.1 Å². The maximum atomic E-state index is 12.7. The van der Waals surface area contributed by atoms with Gasteiger partial charge in [-0.1, -0.05) is 13.0 Å². The van der Waals surface area contributed by atoms with Crippen LogP contribution < -0.4 is 10.2 Å². The molecule has 3 rings (SSSR count). The molecule has 7 nitrogen and oxygen atoms in total. The summed E-state index contributed by atoms with van der Waals surface area (Å²) < 4.78 is 1.64. The van der Waals surface area contributed by atoms with E-state index < -0.39 is 11.9 Å². The van der Waals surface area contributed by atoms with Crippen LogP contribution >= 0.6 is 0 Å². The molecule has 132 valence electrons. The Bertz CT molecular complexity index is 799. The number of aryl methyl sites for hydroxylation is 2. The second-order valence-electron chi connectivity index (χ2n) is 6.21. The first-order valence-corrected chi connectivity index (χ1v) is 8.43. The lowest BCUT2D eigenvalue weighted by Gasteiger charge is -2.31. The molecule has 0 bridgehead atoms. The molecular weight excluding hydrogens is 320 g/mol. The van der Waals surface area contributed by atoms with Crippen molar-refractivity contribution in [2.45, 2.75) is 32.2 Å². The molecule has 1 aromatic heterocycles. The SMILES string of the molecule is CCc1ccc(C(=O)NC2CCCN(c3ccn(C)n3)C2=O)c(O)c1. The second kappa shape index (κ2) is 6.96. The Hall–Kier alpha value is -2.83. The molecule has 1 atom stereocenters. The molecule has 1 unspecified atom stereocenters. The van der Waals surface area contributed by atoms with Gasteiger partial charge in [-0.3, -0.25) is 19.2 Å². The first-order valence-electron chi connectivity index (χ1n) is 8.43. The smallest absolute Gasteiger partial charge is 0.255 e. The second-order valence-corrected chi connectivity index (χ2v) is 6.21. The average molecular weight is 342 g/mol. The van der Waals surface area contributed by atoms with Gasteiger partial charge in [-0.2, -0.15) is 5.10 Å².